The molecule has 2 aromatic rings. The number of allylic oxidation sites excluding steroid dienone is 1. The fourth-order valence-electron chi connectivity index (χ4n) is 2.27. The smallest absolute Gasteiger partial charge is 0.116 e. The molecule has 2 rings (SSSR count). The predicted molar refractivity (Wildman–Crippen MR) is 108 cm³/mol. The van der Waals surface area contributed by atoms with Crippen LogP contribution in [-0.2, 0) is 11.0 Å². The van der Waals surface area contributed by atoms with Crippen LogP contribution in [0.4, 0.5) is 11.4 Å². The Balaban J connectivity index is 2.33. The first-order valence-electron chi connectivity index (χ1n) is 7.98. The molecule has 0 saturated carbocycles. The Kier molecular flexibility index (Phi) is 7.05. The summed E-state index contributed by atoms with van der Waals surface area (Å²) >= 11 is 6.10. The van der Waals surface area contributed by atoms with E-state index in [2.05, 4.69) is 16.1 Å². The van der Waals surface area contributed by atoms with Crippen molar-refractivity contribution in [1.82, 2.24) is 0 Å². The number of hydrogen-bond acceptors (Lipinski definition) is 3. The number of benzene rings is 2. The van der Waals surface area contributed by atoms with Gasteiger partial charge in [-0.1, -0.05) is 30.7 Å². The molecular formula is C19H20ClN3OS. The third kappa shape index (κ3) is 5.35. The van der Waals surface area contributed by atoms with E-state index >= 15 is 0 Å². The monoisotopic (exact) mass is 373 g/mol. The first-order valence-corrected chi connectivity index (χ1v) is 9.67. The first kappa shape index (κ1) is 19.0. The van der Waals surface area contributed by atoms with Gasteiger partial charge in [-0.15, -0.1) is 0 Å². The van der Waals surface area contributed by atoms with E-state index in [4.69, 9.17) is 11.6 Å². The minimum Gasteiger partial charge on any atom is -0.385 e. The van der Waals surface area contributed by atoms with Gasteiger partial charge < -0.3 is 10.0 Å². The highest BCUT2D eigenvalue weighted by molar-refractivity contribution is 7.86. The minimum absolute atomic E-state index is 0.524. The molecule has 1 unspecified atom stereocenters. The molecular weight excluding hydrogens is 354 g/mol. The average Bonchev–Trinajstić information content (AvgIpc) is 2.62. The van der Waals surface area contributed by atoms with Crippen LogP contribution in [0.25, 0.3) is 11.6 Å². The van der Waals surface area contributed by atoms with Gasteiger partial charge in [0.1, 0.15) is 11.0 Å². The van der Waals surface area contributed by atoms with E-state index in [1.165, 1.54) is 0 Å². The molecule has 4 nitrogen and oxygen atoms in total. The lowest BCUT2D eigenvalue weighted by atomic mass is 10.0. The van der Waals surface area contributed by atoms with Crippen molar-refractivity contribution in [2.45, 2.75) is 13.8 Å². The summed E-state index contributed by atoms with van der Waals surface area (Å²) < 4.78 is 14.4. The second-order valence-corrected chi connectivity index (χ2v) is 7.16. The van der Waals surface area contributed by atoms with Gasteiger partial charge in [-0.05, 0) is 48.9 Å². The van der Waals surface area contributed by atoms with E-state index in [1.54, 1.807) is 12.1 Å². The van der Waals surface area contributed by atoms with Crippen LogP contribution in [0.3, 0.4) is 0 Å². The van der Waals surface area contributed by atoms with Crippen LogP contribution in [0.2, 0.25) is 5.02 Å². The van der Waals surface area contributed by atoms with Crippen molar-refractivity contribution in [3.8, 4) is 6.07 Å². The maximum absolute atomic E-state index is 11.5. The zero-order valence-corrected chi connectivity index (χ0v) is 15.7. The minimum atomic E-state index is -1.08. The Morgan fingerprint density at radius 2 is 1.96 bits per heavy atom. The fourth-order valence-corrected chi connectivity index (χ4v) is 2.99. The molecule has 0 aliphatic heterocycles. The Bertz CT molecular complexity index is 826. The molecule has 0 amide bonds. The molecule has 0 saturated heterocycles. The zero-order chi connectivity index (χ0) is 18.2. The average molecular weight is 374 g/mol. The van der Waals surface area contributed by atoms with Gasteiger partial charge in [0.2, 0.25) is 0 Å². The number of hydrogen-bond donors (Lipinski definition) is 2. The molecule has 0 heterocycles. The molecule has 2 aromatic carbocycles. The molecule has 2 N–H and O–H groups in total. The lowest BCUT2D eigenvalue weighted by molar-refractivity contribution is 0.687. The summed E-state index contributed by atoms with van der Waals surface area (Å²) in [6.07, 6.45) is 1.81. The quantitative estimate of drug-likeness (QED) is 0.534. The Morgan fingerprint density at radius 3 is 2.56 bits per heavy atom. The zero-order valence-electron chi connectivity index (χ0n) is 14.2. The molecule has 6 heteroatoms. The van der Waals surface area contributed by atoms with Crippen LogP contribution < -0.4 is 10.0 Å². The van der Waals surface area contributed by atoms with Gasteiger partial charge in [0.25, 0.3) is 0 Å². The summed E-state index contributed by atoms with van der Waals surface area (Å²) in [6, 6.07) is 15.2. The van der Waals surface area contributed by atoms with Crippen LogP contribution in [-0.4, -0.2) is 16.5 Å². The second-order valence-electron chi connectivity index (χ2n) is 5.25. The van der Waals surface area contributed by atoms with Gasteiger partial charge in [0.05, 0.1) is 11.6 Å². The highest BCUT2D eigenvalue weighted by Gasteiger charge is 2.09. The largest absolute Gasteiger partial charge is 0.385 e. The number of nitrogens with one attached hydrogen (secondary N) is 2. The van der Waals surface area contributed by atoms with E-state index in [-0.39, 0.29) is 0 Å². The fraction of sp³-hybridized carbons (Fsp3) is 0.211. The van der Waals surface area contributed by atoms with E-state index in [0.29, 0.717) is 16.3 Å². The predicted octanol–water partition coefficient (Wildman–Crippen LogP) is 4.93. The summed E-state index contributed by atoms with van der Waals surface area (Å²) in [6.45, 7) is 4.61. The second kappa shape index (κ2) is 9.26. The molecule has 1 atom stereocenters. The summed E-state index contributed by atoms with van der Waals surface area (Å²) in [5.74, 6) is 0.544. The van der Waals surface area contributed by atoms with E-state index in [9.17, 15) is 9.47 Å². The topological polar surface area (TPSA) is 64.9 Å². The van der Waals surface area contributed by atoms with Gasteiger partial charge in [-0.25, -0.2) is 4.21 Å². The summed E-state index contributed by atoms with van der Waals surface area (Å²) in [4.78, 5) is 0. The van der Waals surface area contributed by atoms with Crippen molar-refractivity contribution in [3.05, 3.63) is 58.6 Å². The van der Waals surface area contributed by atoms with Crippen LogP contribution in [0, 0.1) is 11.3 Å². The van der Waals surface area contributed by atoms with Gasteiger partial charge in [-0.2, -0.15) is 5.26 Å². The molecule has 0 aromatic heterocycles. The highest BCUT2D eigenvalue weighted by Crippen LogP contribution is 2.28. The summed E-state index contributed by atoms with van der Waals surface area (Å²) in [5.41, 5.74) is 3.83. The van der Waals surface area contributed by atoms with Crippen molar-refractivity contribution in [3.63, 3.8) is 0 Å². The van der Waals surface area contributed by atoms with Crippen molar-refractivity contribution in [2.24, 2.45) is 0 Å². The van der Waals surface area contributed by atoms with E-state index in [0.717, 1.165) is 29.0 Å². The number of nitrogens with zero attached hydrogens (tertiary/aromatic N) is 1. The number of nitriles is 1. The maximum atomic E-state index is 11.5. The van der Waals surface area contributed by atoms with Crippen molar-refractivity contribution in [2.75, 3.05) is 22.3 Å². The first-order chi connectivity index (χ1) is 12.1. The standard InChI is InChI=1S/C19H20ClN3OS/c1-3-22-19-10-7-16(20)12-18(19)15(13-21)11-14-5-8-17(9-6-14)23-25(24)4-2/h5-12,22-23H,3-4H2,1-2H3/b15-11+. The third-order valence-electron chi connectivity index (χ3n) is 3.48. The van der Waals surface area contributed by atoms with Crippen LogP contribution >= 0.6 is 11.6 Å². The Hall–Kier alpha value is -2.29. The van der Waals surface area contributed by atoms with E-state index < -0.39 is 11.0 Å². The molecule has 0 radical (unpaired) electrons. The SMILES string of the molecule is CCNc1ccc(Cl)cc1/C(C#N)=C/c1ccc(NS(=O)CC)cc1. The van der Waals surface area contributed by atoms with Gasteiger partial charge in [0.15, 0.2) is 0 Å². The molecule has 0 aliphatic carbocycles. The molecule has 0 fully saturated rings. The Morgan fingerprint density at radius 1 is 1.24 bits per heavy atom. The Labute approximate surface area is 156 Å². The summed E-state index contributed by atoms with van der Waals surface area (Å²) in [5, 5.41) is 13.4. The number of rotatable bonds is 7. The van der Waals surface area contributed by atoms with Crippen LogP contribution in [0.1, 0.15) is 25.0 Å². The van der Waals surface area contributed by atoms with Gasteiger partial charge >= 0.3 is 0 Å². The van der Waals surface area contributed by atoms with Crippen molar-refractivity contribution < 1.29 is 4.21 Å². The molecule has 130 valence electrons. The van der Waals surface area contributed by atoms with Gasteiger partial charge in [-0.3, -0.25) is 0 Å². The lowest BCUT2D eigenvalue weighted by Crippen LogP contribution is -2.05. The number of halogens is 1. The maximum Gasteiger partial charge on any atom is 0.116 e. The number of anilines is 2. The van der Waals surface area contributed by atoms with Crippen molar-refractivity contribution >= 4 is 45.6 Å². The molecule has 0 aliphatic rings. The molecule has 0 spiro atoms. The lowest BCUT2D eigenvalue weighted by Gasteiger charge is -2.11. The molecule has 0 bridgehead atoms. The highest BCUT2D eigenvalue weighted by atomic mass is 35.5. The van der Waals surface area contributed by atoms with Gasteiger partial charge in [0, 0.05) is 34.3 Å². The van der Waals surface area contributed by atoms with Crippen LogP contribution in [0.15, 0.2) is 42.5 Å². The third-order valence-corrected chi connectivity index (χ3v) is 4.70. The van der Waals surface area contributed by atoms with E-state index in [1.807, 2.05) is 50.3 Å². The normalized spacial score (nSPS) is 12.3. The summed E-state index contributed by atoms with van der Waals surface area (Å²) in [7, 11) is -1.08. The molecule has 25 heavy (non-hydrogen) atoms. The van der Waals surface area contributed by atoms with Crippen molar-refractivity contribution in [1.29, 1.82) is 5.26 Å². The van der Waals surface area contributed by atoms with Crippen LogP contribution in [0.5, 0.6) is 0 Å².